The van der Waals surface area contributed by atoms with Gasteiger partial charge in [0, 0.05) is 12.6 Å². The van der Waals surface area contributed by atoms with Crippen molar-refractivity contribution in [1.29, 1.82) is 0 Å². The van der Waals surface area contributed by atoms with Crippen LogP contribution in [-0.4, -0.2) is 30.6 Å². The minimum Gasteiger partial charge on any atom is -0.326 e. The lowest BCUT2D eigenvalue weighted by atomic mass is 9.85. The summed E-state index contributed by atoms with van der Waals surface area (Å²) in [4.78, 5) is 2.56. The zero-order valence-electron chi connectivity index (χ0n) is 12.4. The van der Waals surface area contributed by atoms with Crippen molar-refractivity contribution in [3.63, 3.8) is 0 Å². The maximum Gasteiger partial charge on any atom is 0.0208 e. The van der Waals surface area contributed by atoms with E-state index >= 15 is 0 Å². The van der Waals surface area contributed by atoms with E-state index in [0.29, 0.717) is 5.41 Å². The van der Waals surface area contributed by atoms with E-state index in [2.05, 4.69) is 49.1 Å². The van der Waals surface area contributed by atoms with Crippen LogP contribution in [0.3, 0.4) is 0 Å². The Kier molecular flexibility index (Phi) is 5.00. The minimum atomic E-state index is 0.253. The van der Waals surface area contributed by atoms with E-state index in [4.69, 9.17) is 5.73 Å². The molecular weight excluding hydrogens is 232 g/mol. The van der Waals surface area contributed by atoms with Crippen molar-refractivity contribution in [1.82, 2.24) is 4.90 Å². The van der Waals surface area contributed by atoms with Gasteiger partial charge in [-0.25, -0.2) is 0 Å². The molecule has 1 atom stereocenters. The van der Waals surface area contributed by atoms with Crippen LogP contribution >= 0.6 is 0 Å². The largest absolute Gasteiger partial charge is 0.326 e. The molecule has 2 heteroatoms. The van der Waals surface area contributed by atoms with Crippen LogP contribution in [0.25, 0.3) is 0 Å². The normalized spacial score (nSPS) is 21.8. The molecule has 1 unspecified atom stereocenters. The molecular formula is C17H28N2. The van der Waals surface area contributed by atoms with Gasteiger partial charge < -0.3 is 10.6 Å². The van der Waals surface area contributed by atoms with Gasteiger partial charge in [-0.15, -0.1) is 0 Å². The van der Waals surface area contributed by atoms with Crippen LogP contribution in [0.2, 0.25) is 0 Å². The van der Waals surface area contributed by atoms with Gasteiger partial charge in [-0.2, -0.15) is 0 Å². The molecule has 1 aromatic carbocycles. The molecule has 0 spiro atoms. The first-order valence-electron chi connectivity index (χ1n) is 7.57. The average molecular weight is 260 g/mol. The van der Waals surface area contributed by atoms with Crippen molar-refractivity contribution < 1.29 is 0 Å². The second-order valence-corrected chi connectivity index (χ2v) is 6.77. The highest BCUT2D eigenvalue weighted by molar-refractivity contribution is 5.15. The number of benzene rings is 1. The highest BCUT2D eigenvalue weighted by Crippen LogP contribution is 2.29. The first-order valence-corrected chi connectivity index (χ1v) is 7.57. The lowest BCUT2D eigenvalue weighted by Crippen LogP contribution is -2.39. The molecule has 1 heterocycles. The van der Waals surface area contributed by atoms with E-state index in [9.17, 15) is 0 Å². The van der Waals surface area contributed by atoms with Crippen molar-refractivity contribution in [2.75, 3.05) is 19.6 Å². The Hall–Kier alpha value is -0.860. The Morgan fingerprint density at radius 1 is 1.16 bits per heavy atom. The first-order chi connectivity index (χ1) is 9.05. The molecule has 2 nitrogen and oxygen atoms in total. The Bertz CT molecular complexity index is 372. The summed E-state index contributed by atoms with van der Waals surface area (Å²) in [6, 6.07) is 10.8. The van der Waals surface area contributed by atoms with Crippen molar-refractivity contribution >= 4 is 0 Å². The van der Waals surface area contributed by atoms with Crippen LogP contribution in [0.4, 0.5) is 0 Å². The molecule has 0 bridgehead atoms. The lowest BCUT2D eigenvalue weighted by molar-refractivity contribution is 0.248. The first kappa shape index (κ1) is 14.5. The second kappa shape index (κ2) is 6.53. The summed E-state index contributed by atoms with van der Waals surface area (Å²) in [5.41, 5.74) is 8.18. The topological polar surface area (TPSA) is 29.3 Å². The Labute approximate surface area is 118 Å². The summed E-state index contributed by atoms with van der Waals surface area (Å²) in [5, 5.41) is 0. The summed E-state index contributed by atoms with van der Waals surface area (Å²) in [7, 11) is 0. The van der Waals surface area contributed by atoms with E-state index in [1.807, 2.05) is 0 Å². The predicted octanol–water partition coefficient (Wildman–Crippen LogP) is 3.07. The van der Waals surface area contributed by atoms with Crippen molar-refractivity contribution in [3.8, 4) is 0 Å². The van der Waals surface area contributed by atoms with Crippen LogP contribution in [0.5, 0.6) is 0 Å². The summed E-state index contributed by atoms with van der Waals surface area (Å²) in [5.74, 6) is 0. The van der Waals surface area contributed by atoms with Crippen molar-refractivity contribution in [2.24, 2.45) is 11.1 Å². The predicted molar refractivity (Wildman–Crippen MR) is 82.2 cm³/mol. The highest BCUT2D eigenvalue weighted by Gasteiger charge is 2.23. The van der Waals surface area contributed by atoms with Gasteiger partial charge >= 0.3 is 0 Å². The summed E-state index contributed by atoms with van der Waals surface area (Å²) in [6.45, 7) is 8.23. The van der Waals surface area contributed by atoms with Crippen LogP contribution in [0.15, 0.2) is 30.3 Å². The van der Waals surface area contributed by atoms with Gasteiger partial charge in [0.15, 0.2) is 0 Å². The highest BCUT2D eigenvalue weighted by atomic mass is 15.1. The van der Waals surface area contributed by atoms with Crippen LogP contribution < -0.4 is 5.73 Å². The van der Waals surface area contributed by atoms with Crippen LogP contribution in [-0.2, 0) is 6.42 Å². The molecule has 0 radical (unpaired) electrons. The van der Waals surface area contributed by atoms with Gasteiger partial charge in [-0.1, -0.05) is 44.2 Å². The number of hydrogen-bond acceptors (Lipinski definition) is 2. The molecule has 0 saturated carbocycles. The quantitative estimate of drug-likeness (QED) is 0.901. The Morgan fingerprint density at radius 2 is 1.89 bits per heavy atom. The van der Waals surface area contributed by atoms with Gasteiger partial charge in [0.25, 0.3) is 0 Å². The number of nitrogens with zero attached hydrogens (tertiary/aromatic N) is 1. The molecule has 2 N–H and O–H groups in total. The fraction of sp³-hybridized carbons (Fsp3) is 0.647. The zero-order chi connectivity index (χ0) is 13.7. The van der Waals surface area contributed by atoms with Gasteiger partial charge in [-0.3, -0.25) is 0 Å². The number of hydrogen-bond donors (Lipinski definition) is 1. The monoisotopic (exact) mass is 260 g/mol. The van der Waals surface area contributed by atoms with E-state index in [0.717, 1.165) is 13.0 Å². The zero-order valence-corrected chi connectivity index (χ0v) is 12.4. The average Bonchev–Trinajstić information content (AvgIpc) is 2.52. The molecule has 106 valence electrons. The van der Waals surface area contributed by atoms with E-state index in [1.165, 1.54) is 37.9 Å². The minimum absolute atomic E-state index is 0.253. The molecule has 1 aromatic rings. The molecule has 0 aromatic heterocycles. The molecule has 0 aliphatic carbocycles. The summed E-state index contributed by atoms with van der Waals surface area (Å²) in [6.07, 6.45) is 4.94. The molecule has 1 fully saturated rings. The smallest absolute Gasteiger partial charge is 0.0208 e. The van der Waals surface area contributed by atoms with Gasteiger partial charge in [0.2, 0.25) is 0 Å². The fourth-order valence-electron chi connectivity index (χ4n) is 2.97. The molecule has 1 saturated heterocycles. The Morgan fingerprint density at radius 3 is 2.63 bits per heavy atom. The molecule has 1 aliphatic heterocycles. The van der Waals surface area contributed by atoms with Crippen molar-refractivity contribution in [2.45, 2.75) is 45.6 Å². The summed E-state index contributed by atoms with van der Waals surface area (Å²) >= 11 is 0. The summed E-state index contributed by atoms with van der Waals surface area (Å²) < 4.78 is 0. The fourth-order valence-corrected chi connectivity index (χ4v) is 2.97. The SMILES string of the molecule is CC1(C)CCCN(CC(N)Cc2ccccc2)CC1. The maximum absolute atomic E-state index is 6.31. The van der Waals surface area contributed by atoms with E-state index < -0.39 is 0 Å². The molecule has 1 aliphatic rings. The third kappa shape index (κ3) is 4.96. The third-order valence-corrected chi connectivity index (χ3v) is 4.27. The van der Waals surface area contributed by atoms with Gasteiger partial charge in [0.1, 0.15) is 0 Å². The lowest BCUT2D eigenvalue weighted by Gasteiger charge is -2.25. The number of rotatable bonds is 4. The van der Waals surface area contributed by atoms with Crippen LogP contribution in [0, 0.1) is 5.41 Å². The number of nitrogens with two attached hydrogens (primary N) is 1. The van der Waals surface area contributed by atoms with Crippen molar-refractivity contribution in [3.05, 3.63) is 35.9 Å². The Balaban J connectivity index is 1.80. The van der Waals surface area contributed by atoms with Crippen LogP contribution in [0.1, 0.15) is 38.7 Å². The molecule has 0 amide bonds. The van der Waals surface area contributed by atoms with Gasteiger partial charge in [-0.05, 0) is 49.8 Å². The molecule has 2 rings (SSSR count). The third-order valence-electron chi connectivity index (χ3n) is 4.27. The second-order valence-electron chi connectivity index (χ2n) is 6.77. The van der Waals surface area contributed by atoms with E-state index in [1.54, 1.807) is 0 Å². The molecule has 19 heavy (non-hydrogen) atoms. The maximum atomic E-state index is 6.31. The van der Waals surface area contributed by atoms with Gasteiger partial charge in [0.05, 0.1) is 0 Å². The number of likely N-dealkylation sites (tertiary alicyclic amines) is 1. The van der Waals surface area contributed by atoms with E-state index in [-0.39, 0.29) is 6.04 Å². The standard InChI is InChI=1S/C17H28N2/c1-17(2)9-6-11-19(12-10-17)14-16(18)13-15-7-4-3-5-8-15/h3-5,7-8,16H,6,9-14,18H2,1-2H3.